The molecule has 0 spiro atoms. The van der Waals surface area contributed by atoms with E-state index >= 15 is 0 Å². The molecule has 0 aromatic heterocycles. The topological polar surface area (TPSA) is 38.8 Å². The van der Waals surface area contributed by atoms with Gasteiger partial charge in [0.2, 0.25) is 0 Å². The number of hydrogen-bond acceptors (Lipinski definition) is 3. The van der Waals surface area contributed by atoms with E-state index in [0.717, 1.165) is 11.4 Å². The molecule has 0 N–H and O–H groups in total. The fourth-order valence-corrected chi connectivity index (χ4v) is 24.9. The van der Waals surface area contributed by atoms with Crippen molar-refractivity contribution in [1.82, 2.24) is 0 Å². The van der Waals surface area contributed by atoms with Crippen LogP contribution in [0.4, 0.5) is 10.5 Å². The SMILES string of the molecule is CCC[CH2][Sn]([CH2]CCC)([CH2]CCC)[C@@H](C(C)=CN(C(=O)OC(C)(C)C)c1ccc(OC)cc1)c1ccccc1. The summed E-state index contributed by atoms with van der Waals surface area (Å²) in [6.45, 7) is 15.0. The number of carbonyl (C=O) groups excluding carboxylic acids is 1. The number of benzene rings is 2. The van der Waals surface area contributed by atoms with E-state index in [9.17, 15) is 4.79 Å². The molecule has 0 bridgehead atoms. The van der Waals surface area contributed by atoms with Crippen molar-refractivity contribution in [2.24, 2.45) is 0 Å². The zero-order valence-corrected chi connectivity index (χ0v) is 28.7. The Hall–Kier alpha value is -1.95. The van der Waals surface area contributed by atoms with E-state index in [0.29, 0.717) is 3.93 Å². The van der Waals surface area contributed by atoms with Crippen LogP contribution in [0, 0.1) is 0 Å². The zero-order valence-electron chi connectivity index (χ0n) is 25.9. The van der Waals surface area contributed by atoms with Crippen LogP contribution < -0.4 is 9.64 Å². The number of ether oxygens (including phenoxy) is 2. The molecule has 0 unspecified atom stereocenters. The molecule has 0 radical (unpaired) electrons. The zero-order chi connectivity index (χ0) is 28.9. The van der Waals surface area contributed by atoms with Crippen LogP contribution in [0.2, 0.25) is 13.3 Å². The first-order chi connectivity index (χ1) is 18.6. The summed E-state index contributed by atoms with van der Waals surface area (Å²) in [4.78, 5) is 15.3. The summed E-state index contributed by atoms with van der Waals surface area (Å²) in [5.74, 6) is 0.764. The summed E-state index contributed by atoms with van der Waals surface area (Å²) in [7, 11) is 1.66. The average molecular weight is 643 g/mol. The first kappa shape index (κ1) is 33.3. The molecule has 4 nitrogen and oxygen atoms in total. The number of amides is 1. The van der Waals surface area contributed by atoms with E-state index in [1.807, 2.05) is 45.0 Å². The second-order valence-electron chi connectivity index (χ2n) is 11.9. The first-order valence-electron chi connectivity index (χ1n) is 15.0. The molecule has 0 saturated carbocycles. The van der Waals surface area contributed by atoms with Gasteiger partial charge in [-0.05, 0) is 0 Å². The average Bonchev–Trinajstić information content (AvgIpc) is 2.92. The molecular weight excluding hydrogens is 589 g/mol. The van der Waals surface area contributed by atoms with Gasteiger partial charge in [0.1, 0.15) is 0 Å². The van der Waals surface area contributed by atoms with Crippen molar-refractivity contribution in [2.45, 2.75) is 110 Å². The Balaban J connectivity index is 2.73. The van der Waals surface area contributed by atoms with Crippen LogP contribution in [0.3, 0.4) is 0 Å². The van der Waals surface area contributed by atoms with Gasteiger partial charge in [0, 0.05) is 0 Å². The van der Waals surface area contributed by atoms with Crippen LogP contribution >= 0.6 is 0 Å². The molecule has 5 heteroatoms. The number of allylic oxidation sites excluding steroid dienone is 1. The summed E-state index contributed by atoms with van der Waals surface area (Å²) in [6.07, 6.45) is 9.33. The second-order valence-corrected chi connectivity index (χ2v) is 25.6. The van der Waals surface area contributed by atoms with Crippen molar-refractivity contribution >= 4 is 30.2 Å². The predicted octanol–water partition coefficient (Wildman–Crippen LogP) is 10.5. The molecular formula is C34H53NO3Sn. The summed E-state index contributed by atoms with van der Waals surface area (Å²) >= 11 is -2.82. The minimum atomic E-state index is -2.82. The number of anilines is 1. The third-order valence-electron chi connectivity index (χ3n) is 7.56. The standard InChI is InChI=1S/C22H26NO3.3C4H9.Sn/c1-17(15-18-9-7-6-8-10-18)16-23(21(24)26-22(2,3)4)19-11-13-20(25-5)14-12-19;3*1-3-4-2;/h6-16H,1-5H3;3*1,3-4H2,2H3;. The molecule has 0 fully saturated rings. The van der Waals surface area contributed by atoms with Gasteiger partial charge >= 0.3 is 244 Å². The van der Waals surface area contributed by atoms with Crippen LogP contribution in [0.15, 0.2) is 66.4 Å². The molecule has 0 heterocycles. The van der Waals surface area contributed by atoms with Gasteiger partial charge < -0.3 is 0 Å². The van der Waals surface area contributed by atoms with Crippen LogP contribution in [0.1, 0.15) is 96.5 Å². The number of hydrogen-bond donors (Lipinski definition) is 0. The number of carbonyl (C=O) groups is 1. The van der Waals surface area contributed by atoms with E-state index in [2.05, 4.69) is 64.2 Å². The molecule has 0 aliphatic heterocycles. The normalized spacial score (nSPS) is 13.2. The van der Waals surface area contributed by atoms with Crippen molar-refractivity contribution in [3.8, 4) is 5.75 Å². The first-order valence-corrected chi connectivity index (χ1v) is 22.7. The van der Waals surface area contributed by atoms with Gasteiger partial charge in [0.15, 0.2) is 0 Å². The van der Waals surface area contributed by atoms with Gasteiger partial charge in [-0.25, -0.2) is 0 Å². The molecule has 216 valence electrons. The van der Waals surface area contributed by atoms with Crippen molar-refractivity contribution in [3.63, 3.8) is 0 Å². The third kappa shape index (κ3) is 10.2. The Morgan fingerprint density at radius 2 is 1.38 bits per heavy atom. The Bertz CT molecular complexity index is 989. The molecule has 1 amide bonds. The van der Waals surface area contributed by atoms with Crippen molar-refractivity contribution < 1.29 is 14.3 Å². The van der Waals surface area contributed by atoms with Crippen LogP contribution in [0.5, 0.6) is 5.75 Å². The maximum atomic E-state index is 13.6. The number of methoxy groups -OCH3 is 1. The van der Waals surface area contributed by atoms with E-state index in [1.54, 1.807) is 12.0 Å². The molecule has 2 rings (SSSR count). The molecule has 0 aliphatic carbocycles. The number of nitrogens with zero attached hydrogens (tertiary/aromatic N) is 1. The van der Waals surface area contributed by atoms with Crippen LogP contribution in [-0.2, 0) is 4.74 Å². The van der Waals surface area contributed by atoms with E-state index in [4.69, 9.17) is 9.47 Å². The predicted molar refractivity (Wildman–Crippen MR) is 170 cm³/mol. The molecule has 2 aromatic rings. The fourth-order valence-electron chi connectivity index (χ4n) is 5.70. The molecule has 1 atom stereocenters. The Kier molecular flexibility index (Phi) is 13.9. The summed E-state index contributed by atoms with van der Waals surface area (Å²) < 4.78 is 15.9. The van der Waals surface area contributed by atoms with E-state index < -0.39 is 24.0 Å². The van der Waals surface area contributed by atoms with Gasteiger partial charge in [0.05, 0.1) is 0 Å². The van der Waals surface area contributed by atoms with Crippen LogP contribution in [-0.4, -0.2) is 37.2 Å². The summed E-state index contributed by atoms with van der Waals surface area (Å²) in [5, 5.41) is 0. The Morgan fingerprint density at radius 3 is 1.82 bits per heavy atom. The quantitative estimate of drug-likeness (QED) is 0.182. The number of unbranched alkanes of at least 4 members (excludes halogenated alkanes) is 3. The Morgan fingerprint density at radius 1 is 0.872 bits per heavy atom. The van der Waals surface area contributed by atoms with Crippen molar-refractivity contribution in [2.75, 3.05) is 12.0 Å². The molecule has 39 heavy (non-hydrogen) atoms. The van der Waals surface area contributed by atoms with E-state index in [1.165, 1.54) is 63.0 Å². The fraction of sp³-hybridized carbons (Fsp3) is 0.559. The monoisotopic (exact) mass is 643 g/mol. The minimum absolute atomic E-state index is 0.352. The van der Waals surface area contributed by atoms with E-state index in [-0.39, 0.29) is 6.09 Å². The number of rotatable bonds is 15. The second kappa shape index (κ2) is 16.3. The summed E-state index contributed by atoms with van der Waals surface area (Å²) in [5.41, 5.74) is 2.90. The van der Waals surface area contributed by atoms with Gasteiger partial charge in [-0.2, -0.15) is 0 Å². The van der Waals surface area contributed by atoms with Crippen LogP contribution in [0.25, 0.3) is 0 Å². The summed E-state index contributed by atoms with van der Waals surface area (Å²) in [6, 6.07) is 18.8. The van der Waals surface area contributed by atoms with Gasteiger partial charge in [0.25, 0.3) is 0 Å². The van der Waals surface area contributed by atoms with Crippen molar-refractivity contribution in [3.05, 3.63) is 71.9 Å². The van der Waals surface area contributed by atoms with Gasteiger partial charge in [-0.1, -0.05) is 0 Å². The van der Waals surface area contributed by atoms with Gasteiger partial charge in [-0.3, -0.25) is 0 Å². The van der Waals surface area contributed by atoms with Gasteiger partial charge in [-0.15, -0.1) is 0 Å². The maximum absolute atomic E-state index is 13.6. The molecule has 2 aromatic carbocycles. The third-order valence-corrected chi connectivity index (χ3v) is 24.9. The Labute approximate surface area is 243 Å². The molecule has 0 saturated heterocycles. The molecule has 0 aliphatic rings. The van der Waals surface area contributed by atoms with Crippen molar-refractivity contribution in [1.29, 1.82) is 0 Å².